The van der Waals surface area contributed by atoms with Crippen LogP contribution in [0.5, 0.6) is 0 Å². The van der Waals surface area contributed by atoms with Gasteiger partial charge in [-0.2, -0.15) is 11.8 Å². The predicted molar refractivity (Wildman–Crippen MR) is 58.1 cm³/mol. The van der Waals surface area contributed by atoms with E-state index in [1.807, 2.05) is 13.2 Å². The Bertz CT molecular complexity index is 137. The first-order valence-electron chi connectivity index (χ1n) is 4.89. The Morgan fingerprint density at radius 3 is 2.77 bits per heavy atom. The summed E-state index contributed by atoms with van der Waals surface area (Å²) in [5, 5.41) is 0. The molecular weight excluding hydrogens is 184 g/mol. The number of ether oxygens (including phenoxy) is 1. The van der Waals surface area contributed by atoms with Crippen molar-refractivity contribution in [2.24, 2.45) is 0 Å². The van der Waals surface area contributed by atoms with E-state index in [2.05, 4.69) is 6.92 Å². The maximum atomic E-state index is 11.1. The summed E-state index contributed by atoms with van der Waals surface area (Å²) in [6.07, 6.45) is 5.91. The molecule has 78 valence electrons. The zero-order valence-electron chi connectivity index (χ0n) is 8.84. The molecule has 0 rings (SSSR count). The summed E-state index contributed by atoms with van der Waals surface area (Å²) >= 11 is 1.67. The van der Waals surface area contributed by atoms with Gasteiger partial charge < -0.3 is 4.74 Å². The highest BCUT2D eigenvalue weighted by Crippen LogP contribution is 2.06. The predicted octanol–water partition coefficient (Wildman–Crippen LogP) is 2.86. The number of hydrogen-bond acceptors (Lipinski definition) is 3. The van der Waals surface area contributed by atoms with Gasteiger partial charge in [0.1, 0.15) is 0 Å². The molecule has 0 aromatic heterocycles. The molecule has 0 aromatic rings. The lowest BCUT2D eigenvalue weighted by atomic mass is 10.2. The molecule has 1 atom stereocenters. The zero-order valence-corrected chi connectivity index (χ0v) is 9.65. The van der Waals surface area contributed by atoms with E-state index in [1.54, 1.807) is 11.8 Å². The van der Waals surface area contributed by atoms with Crippen LogP contribution in [0.4, 0.5) is 0 Å². The van der Waals surface area contributed by atoms with E-state index in [0.29, 0.717) is 6.42 Å². The molecule has 2 nitrogen and oxygen atoms in total. The van der Waals surface area contributed by atoms with Gasteiger partial charge in [0.25, 0.3) is 0 Å². The van der Waals surface area contributed by atoms with Crippen LogP contribution in [0, 0.1) is 0 Å². The van der Waals surface area contributed by atoms with Crippen molar-refractivity contribution >= 4 is 17.7 Å². The van der Waals surface area contributed by atoms with Crippen molar-refractivity contribution in [3.63, 3.8) is 0 Å². The molecule has 0 radical (unpaired) electrons. The van der Waals surface area contributed by atoms with E-state index >= 15 is 0 Å². The number of hydrogen-bond donors (Lipinski definition) is 0. The summed E-state index contributed by atoms with van der Waals surface area (Å²) < 4.78 is 5.20. The molecule has 0 bridgehead atoms. The first-order valence-corrected chi connectivity index (χ1v) is 6.28. The largest absolute Gasteiger partial charge is 0.463 e. The minimum Gasteiger partial charge on any atom is -0.463 e. The van der Waals surface area contributed by atoms with Crippen molar-refractivity contribution in [1.82, 2.24) is 0 Å². The second-order valence-electron chi connectivity index (χ2n) is 3.19. The van der Waals surface area contributed by atoms with E-state index in [9.17, 15) is 4.79 Å². The fraction of sp³-hybridized carbons (Fsp3) is 0.900. The third-order valence-electron chi connectivity index (χ3n) is 1.81. The Hall–Kier alpha value is -0.180. The van der Waals surface area contributed by atoms with Gasteiger partial charge in [-0.25, -0.2) is 0 Å². The van der Waals surface area contributed by atoms with Crippen LogP contribution in [0.2, 0.25) is 0 Å². The number of rotatable bonds is 7. The second kappa shape index (κ2) is 8.42. The summed E-state index contributed by atoms with van der Waals surface area (Å²) in [6.45, 7) is 4.11. The Morgan fingerprint density at radius 2 is 2.23 bits per heavy atom. The van der Waals surface area contributed by atoms with Crippen molar-refractivity contribution in [2.75, 3.05) is 12.0 Å². The fourth-order valence-electron chi connectivity index (χ4n) is 1.02. The van der Waals surface area contributed by atoms with Gasteiger partial charge in [-0.15, -0.1) is 0 Å². The summed E-state index contributed by atoms with van der Waals surface area (Å²) in [7, 11) is 0. The van der Waals surface area contributed by atoms with Crippen LogP contribution < -0.4 is 0 Å². The molecule has 13 heavy (non-hydrogen) atoms. The average Bonchev–Trinajstić information content (AvgIpc) is 2.11. The maximum Gasteiger partial charge on any atom is 0.306 e. The van der Waals surface area contributed by atoms with E-state index in [-0.39, 0.29) is 12.1 Å². The third-order valence-corrected chi connectivity index (χ3v) is 2.42. The monoisotopic (exact) mass is 204 g/mol. The molecule has 0 amide bonds. The number of esters is 1. The van der Waals surface area contributed by atoms with Crippen molar-refractivity contribution in [1.29, 1.82) is 0 Å². The van der Waals surface area contributed by atoms with Gasteiger partial charge >= 0.3 is 5.97 Å². The van der Waals surface area contributed by atoms with Gasteiger partial charge in [0, 0.05) is 5.75 Å². The summed E-state index contributed by atoms with van der Waals surface area (Å²) in [5.74, 6) is 0.803. The molecule has 1 unspecified atom stereocenters. The molecule has 3 heteroatoms. The smallest absolute Gasteiger partial charge is 0.306 e. The minimum absolute atomic E-state index is 0.0575. The SMILES string of the molecule is CCCCC(C)OC(=O)CCSC. The van der Waals surface area contributed by atoms with Gasteiger partial charge in [0.05, 0.1) is 12.5 Å². The Balaban J connectivity index is 3.41. The summed E-state index contributed by atoms with van der Waals surface area (Å²) in [5.41, 5.74) is 0. The Kier molecular flexibility index (Phi) is 8.30. The fourth-order valence-corrected chi connectivity index (χ4v) is 1.39. The van der Waals surface area contributed by atoms with E-state index in [0.717, 1.165) is 25.0 Å². The molecular formula is C10H20O2S. The van der Waals surface area contributed by atoms with E-state index in [1.165, 1.54) is 0 Å². The van der Waals surface area contributed by atoms with Crippen LogP contribution in [0.1, 0.15) is 39.5 Å². The molecule has 0 heterocycles. The van der Waals surface area contributed by atoms with Crippen LogP contribution in [0.3, 0.4) is 0 Å². The third kappa shape index (κ3) is 8.16. The molecule has 0 saturated carbocycles. The molecule has 0 aliphatic carbocycles. The highest BCUT2D eigenvalue weighted by atomic mass is 32.2. The van der Waals surface area contributed by atoms with Crippen LogP contribution in [-0.2, 0) is 9.53 Å². The highest BCUT2D eigenvalue weighted by molar-refractivity contribution is 7.98. The first kappa shape index (κ1) is 12.8. The van der Waals surface area contributed by atoms with Gasteiger partial charge in [0.2, 0.25) is 0 Å². The average molecular weight is 204 g/mol. The van der Waals surface area contributed by atoms with Crippen LogP contribution in [-0.4, -0.2) is 24.1 Å². The zero-order chi connectivity index (χ0) is 10.1. The summed E-state index contributed by atoms with van der Waals surface area (Å²) in [6, 6.07) is 0. The number of carbonyl (C=O) groups excluding carboxylic acids is 1. The lowest BCUT2D eigenvalue weighted by Crippen LogP contribution is -2.15. The molecule has 0 spiro atoms. The van der Waals surface area contributed by atoms with E-state index in [4.69, 9.17) is 4.74 Å². The number of unbranched alkanes of at least 4 members (excludes halogenated alkanes) is 1. The van der Waals surface area contributed by atoms with E-state index < -0.39 is 0 Å². The highest BCUT2D eigenvalue weighted by Gasteiger charge is 2.07. The molecule has 0 fully saturated rings. The topological polar surface area (TPSA) is 26.3 Å². The number of carbonyl (C=O) groups is 1. The second-order valence-corrected chi connectivity index (χ2v) is 4.17. The number of thioether (sulfide) groups is 1. The normalized spacial score (nSPS) is 12.5. The minimum atomic E-state index is -0.0575. The maximum absolute atomic E-state index is 11.1. The van der Waals surface area contributed by atoms with Gasteiger partial charge in [0.15, 0.2) is 0 Å². The lowest BCUT2D eigenvalue weighted by molar-refractivity contribution is -0.148. The van der Waals surface area contributed by atoms with Gasteiger partial charge in [-0.3, -0.25) is 4.79 Å². The lowest BCUT2D eigenvalue weighted by Gasteiger charge is -2.12. The molecule has 0 aliphatic heterocycles. The Morgan fingerprint density at radius 1 is 1.54 bits per heavy atom. The molecule has 0 aromatic carbocycles. The standard InChI is InChI=1S/C10H20O2S/c1-4-5-6-9(2)12-10(11)7-8-13-3/h9H,4-8H2,1-3H3. The molecule has 0 N–H and O–H groups in total. The van der Waals surface area contributed by atoms with Gasteiger partial charge in [-0.1, -0.05) is 19.8 Å². The Labute approximate surface area is 85.4 Å². The van der Waals surface area contributed by atoms with Crippen LogP contribution >= 0.6 is 11.8 Å². The molecule has 0 saturated heterocycles. The molecule has 0 aliphatic rings. The van der Waals surface area contributed by atoms with Gasteiger partial charge in [-0.05, 0) is 19.6 Å². The van der Waals surface area contributed by atoms with Crippen molar-refractivity contribution in [3.8, 4) is 0 Å². The van der Waals surface area contributed by atoms with Crippen LogP contribution in [0.15, 0.2) is 0 Å². The van der Waals surface area contributed by atoms with Crippen LogP contribution in [0.25, 0.3) is 0 Å². The first-order chi connectivity index (χ1) is 6.20. The van der Waals surface area contributed by atoms with Crippen molar-refractivity contribution in [2.45, 2.75) is 45.6 Å². The quantitative estimate of drug-likeness (QED) is 0.596. The summed E-state index contributed by atoms with van der Waals surface area (Å²) in [4.78, 5) is 11.1. The van der Waals surface area contributed by atoms with Crippen molar-refractivity contribution in [3.05, 3.63) is 0 Å². The van der Waals surface area contributed by atoms with Crippen molar-refractivity contribution < 1.29 is 9.53 Å².